The zero-order chi connectivity index (χ0) is 12.4. The first-order chi connectivity index (χ1) is 8.09. The number of carbonyl (C=O) groups excluding carboxylic acids is 1. The number of amides is 1. The molecule has 1 aliphatic rings. The van der Waals surface area contributed by atoms with Gasteiger partial charge in [0.15, 0.2) is 0 Å². The highest BCUT2D eigenvalue weighted by molar-refractivity contribution is 5.82. The lowest BCUT2D eigenvalue weighted by Gasteiger charge is -2.20. The molecule has 0 fully saturated rings. The van der Waals surface area contributed by atoms with Crippen molar-refractivity contribution in [3.05, 3.63) is 34.9 Å². The van der Waals surface area contributed by atoms with Crippen LogP contribution in [0.15, 0.2) is 18.2 Å². The topological polar surface area (TPSA) is 72.3 Å². The van der Waals surface area contributed by atoms with E-state index in [9.17, 15) is 4.79 Å². The van der Waals surface area contributed by atoms with Gasteiger partial charge in [0.1, 0.15) is 6.04 Å². The molecule has 1 aliphatic carbocycles. The fourth-order valence-electron chi connectivity index (χ4n) is 2.31. The van der Waals surface area contributed by atoms with Gasteiger partial charge in [0, 0.05) is 7.05 Å². The molecule has 0 saturated heterocycles. The maximum absolute atomic E-state index is 11.7. The zero-order valence-electron chi connectivity index (χ0n) is 10.1. The number of benzene rings is 1. The van der Waals surface area contributed by atoms with Gasteiger partial charge in [-0.15, -0.1) is 0 Å². The van der Waals surface area contributed by atoms with E-state index in [2.05, 4.69) is 12.1 Å². The van der Waals surface area contributed by atoms with E-state index in [1.807, 2.05) is 6.07 Å². The van der Waals surface area contributed by atoms with Gasteiger partial charge in [0.05, 0.1) is 0 Å². The summed E-state index contributed by atoms with van der Waals surface area (Å²) in [6, 6.07) is 5.43. The smallest absolute Gasteiger partial charge is 0.257 e. The van der Waals surface area contributed by atoms with Gasteiger partial charge in [-0.05, 0) is 42.4 Å². The summed E-state index contributed by atoms with van der Waals surface area (Å²) in [5.41, 5.74) is 9.48. The average molecular weight is 233 g/mol. The first-order valence-corrected chi connectivity index (χ1v) is 5.99. The molecule has 0 radical (unpaired) electrons. The molecule has 17 heavy (non-hydrogen) atoms. The predicted octanol–water partition coefficient (Wildman–Crippen LogP) is 0.897. The number of likely N-dealkylation sites (N-methyl/N-ethyl adjacent to an activating group) is 1. The van der Waals surface area contributed by atoms with Gasteiger partial charge in [-0.2, -0.15) is 0 Å². The summed E-state index contributed by atoms with van der Waals surface area (Å²) in [5, 5.41) is 1.05. The van der Waals surface area contributed by atoms with E-state index in [1.54, 1.807) is 0 Å². The molecule has 2 rings (SSSR count). The van der Waals surface area contributed by atoms with E-state index in [1.165, 1.54) is 31.0 Å². The first kappa shape index (κ1) is 12.1. The summed E-state index contributed by atoms with van der Waals surface area (Å²) in [5.74, 6) is 5.15. The Morgan fingerprint density at radius 2 is 1.94 bits per heavy atom. The van der Waals surface area contributed by atoms with Crippen molar-refractivity contribution in [1.29, 1.82) is 0 Å². The summed E-state index contributed by atoms with van der Waals surface area (Å²) >= 11 is 0. The number of nitrogens with two attached hydrogens (primary N) is 2. The van der Waals surface area contributed by atoms with E-state index in [-0.39, 0.29) is 5.91 Å². The predicted molar refractivity (Wildman–Crippen MR) is 67.0 cm³/mol. The van der Waals surface area contributed by atoms with Gasteiger partial charge in [-0.1, -0.05) is 18.2 Å². The van der Waals surface area contributed by atoms with E-state index < -0.39 is 6.04 Å². The van der Waals surface area contributed by atoms with Crippen LogP contribution >= 0.6 is 0 Å². The van der Waals surface area contributed by atoms with Crippen LogP contribution < -0.4 is 11.6 Å². The second-order valence-electron chi connectivity index (χ2n) is 4.66. The van der Waals surface area contributed by atoms with Gasteiger partial charge in [0.2, 0.25) is 0 Å². The number of aryl methyl sites for hydroxylation is 2. The SMILES string of the molecule is CN(N)C(=O)C(N)c1ccc2c(c1)CCCC2. The van der Waals surface area contributed by atoms with Crippen LogP contribution in [0.25, 0.3) is 0 Å². The van der Waals surface area contributed by atoms with Crippen LogP contribution in [0.3, 0.4) is 0 Å². The lowest BCUT2D eigenvalue weighted by Crippen LogP contribution is -2.40. The summed E-state index contributed by atoms with van der Waals surface area (Å²) in [7, 11) is 1.51. The van der Waals surface area contributed by atoms with Crippen molar-refractivity contribution >= 4 is 5.91 Å². The number of hydrogen-bond acceptors (Lipinski definition) is 3. The molecule has 0 aliphatic heterocycles. The number of rotatable bonds is 2. The minimum atomic E-state index is -0.655. The Labute approximate surface area is 102 Å². The van der Waals surface area contributed by atoms with Crippen LogP contribution in [0.1, 0.15) is 35.6 Å². The Morgan fingerprint density at radius 1 is 1.29 bits per heavy atom. The normalized spacial score (nSPS) is 16.2. The molecule has 0 bridgehead atoms. The van der Waals surface area contributed by atoms with Crippen molar-refractivity contribution in [3.8, 4) is 0 Å². The molecule has 4 nitrogen and oxygen atoms in total. The van der Waals surface area contributed by atoms with Gasteiger partial charge < -0.3 is 5.73 Å². The third-order valence-corrected chi connectivity index (χ3v) is 3.35. The number of hydrazine groups is 1. The van der Waals surface area contributed by atoms with Gasteiger partial charge >= 0.3 is 0 Å². The van der Waals surface area contributed by atoms with Crippen LogP contribution in [0.2, 0.25) is 0 Å². The minimum Gasteiger partial charge on any atom is -0.316 e. The van der Waals surface area contributed by atoms with E-state index in [4.69, 9.17) is 11.6 Å². The summed E-state index contributed by atoms with van der Waals surface area (Å²) in [6.45, 7) is 0. The largest absolute Gasteiger partial charge is 0.316 e. The molecule has 4 N–H and O–H groups in total. The van der Waals surface area contributed by atoms with Crippen LogP contribution in [0.4, 0.5) is 0 Å². The standard InChI is InChI=1S/C13H19N3O/c1-16(15)13(17)12(14)11-7-6-9-4-2-3-5-10(9)8-11/h6-8,12H,2-5,14-15H2,1H3. The van der Waals surface area contributed by atoms with Crippen LogP contribution in [-0.4, -0.2) is 18.0 Å². The van der Waals surface area contributed by atoms with Gasteiger partial charge in [0.25, 0.3) is 5.91 Å². The molecule has 1 aromatic rings. The molecule has 0 spiro atoms. The molecule has 0 aromatic heterocycles. The molecule has 1 amide bonds. The lowest BCUT2D eigenvalue weighted by molar-refractivity contribution is -0.131. The van der Waals surface area contributed by atoms with E-state index in [0.29, 0.717) is 0 Å². The number of nitrogens with zero attached hydrogens (tertiary/aromatic N) is 1. The Bertz CT molecular complexity index is 429. The zero-order valence-corrected chi connectivity index (χ0v) is 10.1. The number of fused-ring (bicyclic) bond motifs is 1. The summed E-state index contributed by atoms with van der Waals surface area (Å²) in [4.78, 5) is 11.7. The van der Waals surface area contributed by atoms with E-state index in [0.717, 1.165) is 23.4 Å². The van der Waals surface area contributed by atoms with Crippen molar-refractivity contribution in [2.45, 2.75) is 31.7 Å². The van der Waals surface area contributed by atoms with Crippen LogP contribution in [0.5, 0.6) is 0 Å². The molecule has 4 heteroatoms. The van der Waals surface area contributed by atoms with Crippen molar-refractivity contribution in [2.75, 3.05) is 7.05 Å². The molecular formula is C13H19N3O. The summed E-state index contributed by atoms with van der Waals surface area (Å²) in [6.07, 6.45) is 4.69. The Kier molecular flexibility index (Phi) is 3.45. The summed E-state index contributed by atoms with van der Waals surface area (Å²) < 4.78 is 0. The molecule has 1 aromatic carbocycles. The van der Waals surface area contributed by atoms with Gasteiger partial charge in [-0.3, -0.25) is 9.80 Å². The van der Waals surface area contributed by atoms with Crippen molar-refractivity contribution in [2.24, 2.45) is 11.6 Å². The van der Waals surface area contributed by atoms with E-state index >= 15 is 0 Å². The van der Waals surface area contributed by atoms with Crippen molar-refractivity contribution in [3.63, 3.8) is 0 Å². The Morgan fingerprint density at radius 3 is 2.59 bits per heavy atom. The second-order valence-corrected chi connectivity index (χ2v) is 4.66. The third-order valence-electron chi connectivity index (χ3n) is 3.35. The monoisotopic (exact) mass is 233 g/mol. The maximum Gasteiger partial charge on any atom is 0.257 e. The number of hydrogen-bond donors (Lipinski definition) is 2. The Balaban J connectivity index is 2.24. The first-order valence-electron chi connectivity index (χ1n) is 5.99. The quantitative estimate of drug-likeness (QED) is 0.453. The highest BCUT2D eigenvalue weighted by atomic mass is 16.2. The fraction of sp³-hybridized carbons (Fsp3) is 0.462. The minimum absolute atomic E-state index is 0.263. The molecule has 1 unspecified atom stereocenters. The maximum atomic E-state index is 11.7. The molecule has 0 saturated carbocycles. The van der Waals surface area contributed by atoms with Crippen LogP contribution in [0, 0.1) is 0 Å². The van der Waals surface area contributed by atoms with Crippen LogP contribution in [-0.2, 0) is 17.6 Å². The third kappa shape index (κ3) is 2.48. The molecule has 0 heterocycles. The fourth-order valence-corrected chi connectivity index (χ4v) is 2.31. The average Bonchev–Trinajstić information content (AvgIpc) is 2.36. The highest BCUT2D eigenvalue weighted by Crippen LogP contribution is 2.24. The molecule has 92 valence electrons. The van der Waals surface area contributed by atoms with Crippen molar-refractivity contribution < 1.29 is 4.79 Å². The van der Waals surface area contributed by atoms with Gasteiger partial charge in [-0.25, -0.2) is 5.84 Å². The van der Waals surface area contributed by atoms with Crippen molar-refractivity contribution in [1.82, 2.24) is 5.01 Å². The Hall–Kier alpha value is -1.39. The molecular weight excluding hydrogens is 214 g/mol. The lowest BCUT2D eigenvalue weighted by atomic mass is 9.89. The highest BCUT2D eigenvalue weighted by Gasteiger charge is 2.19. The number of carbonyl (C=O) groups is 1. The molecule has 1 atom stereocenters. The second kappa shape index (κ2) is 4.85.